The van der Waals surface area contributed by atoms with Crippen molar-refractivity contribution in [3.05, 3.63) is 36.3 Å². The van der Waals surface area contributed by atoms with Crippen molar-refractivity contribution < 1.29 is 23.5 Å². The van der Waals surface area contributed by atoms with E-state index < -0.39 is 5.97 Å². The summed E-state index contributed by atoms with van der Waals surface area (Å²) in [7, 11) is 1.26. The molecule has 7 heteroatoms. The van der Waals surface area contributed by atoms with Crippen LogP contribution in [0.1, 0.15) is 23.4 Å². The number of furan rings is 1. The molecule has 1 aliphatic heterocycles. The van der Waals surface area contributed by atoms with Gasteiger partial charge in [-0.1, -0.05) is 0 Å². The average molecular weight is 320 g/mol. The number of ether oxygens (including phenoxy) is 1. The Kier molecular flexibility index (Phi) is 5.96. The minimum absolute atomic E-state index is 0.179. The molecule has 1 atom stereocenters. The first-order valence-corrected chi connectivity index (χ1v) is 7.46. The number of rotatable bonds is 5. The largest absolute Gasteiger partial charge is 0.466 e. The van der Waals surface area contributed by atoms with Crippen molar-refractivity contribution in [3.8, 4) is 0 Å². The minimum Gasteiger partial charge on any atom is -0.466 e. The van der Waals surface area contributed by atoms with Gasteiger partial charge in [0.15, 0.2) is 5.76 Å². The molecular weight excluding hydrogens is 300 g/mol. The van der Waals surface area contributed by atoms with Crippen LogP contribution in [-0.4, -0.2) is 49.4 Å². The van der Waals surface area contributed by atoms with E-state index in [9.17, 15) is 14.4 Å². The maximum Gasteiger partial charge on any atom is 0.330 e. The number of methoxy groups -OCH3 is 1. The Morgan fingerprint density at radius 1 is 1.43 bits per heavy atom. The summed E-state index contributed by atoms with van der Waals surface area (Å²) in [6.07, 6.45) is 5.58. The lowest BCUT2D eigenvalue weighted by atomic mass is 9.98. The van der Waals surface area contributed by atoms with Crippen molar-refractivity contribution >= 4 is 17.8 Å². The summed E-state index contributed by atoms with van der Waals surface area (Å²) >= 11 is 0. The van der Waals surface area contributed by atoms with Crippen molar-refractivity contribution in [3.63, 3.8) is 0 Å². The highest BCUT2D eigenvalue weighted by atomic mass is 16.5. The summed E-state index contributed by atoms with van der Waals surface area (Å²) in [4.78, 5) is 36.5. The second-order valence-corrected chi connectivity index (χ2v) is 5.34. The van der Waals surface area contributed by atoms with Crippen molar-refractivity contribution in [2.24, 2.45) is 5.92 Å². The number of amides is 2. The van der Waals surface area contributed by atoms with Gasteiger partial charge in [-0.05, 0) is 30.9 Å². The van der Waals surface area contributed by atoms with E-state index in [0.717, 1.165) is 18.9 Å². The molecule has 0 bridgehead atoms. The third-order valence-electron chi connectivity index (χ3n) is 3.69. The third-order valence-corrected chi connectivity index (χ3v) is 3.69. The minimum atomic E-state index is -0.558. The van der Waals surface area contributed by atoms with Gasteiger partial charge in [0.25, 0.3) is 5.91 Å². The topological polar surface area (TPSA) is 88.9 Å². The van der Waals surface area contributed by atoms with Crippen LogP contribution in [0.2, 0.25) is 0 Å². The van der Waals surface area contributed by atoms with E-state index in [1.54, 1.807) is 17.0 Å². The number of nitrogens with zero attached hydrogens (tertiary/aromatic N) is 1. The molecule has 1 aliphatic rings. The van der Waals surface area contributed by atoms with E-state index in [1.165, 1.54) is 19.4 Å². The van der Waals surface area contributed by atoms with Crippen LogP contribution in [0.5, 0.6) is 0 Å². The third kappa shape index (κ3) is 4.98. The number of hydrogen-bond donors (Lipinski definition) is 1. The molecule has 0 aliphatic carbocycles. The van der Waals surface area contributed by atoms with Crippen LogP contribution in [0.4, 0.5) is 0 Å². The first-order chi connectivity index (χ1) is 11.1. The summed E-state index contributed by atoms with van der Waals surface area (Å²) < 4.78 is 9.49. The number of piperidine rings is 1. The molecule has 1 aromatic rings. The SMILES string of the molecule is COC(=O)/C=C/C(=O)N1CCCC(CNC(=O)c2ccco2)C1. The van der Waals surface area contributed by atoms with Gasteiger partial charge >= 0.3 is 5.97 Å². The average Bonchev–Trinajstić information content (AvgIpc) is 3.12. The fourth-order valence-electron chi connectivity index (χ4n) is 2.48. The summed E-state index contributed by atoms with van der Waals surface area (Å²) in [5.41, 5.74) is 0. The monoisotopic (exact) mass is 320 g/mol. The van der Waals surface area contributed by atoms with E-state index in [4.69, 9.17) is 4.42 Å². The lowest BCUT2D eigenvalue weighted by Gasteiger charge is -2.32. The Hall–Kier alpha value is -2.57. The molecule has 1 aromatic heterocycles. The summed E-state index contributed by atoms with van der Waals surface area (Å²) in [5, 5.41) is 2.81. The molecule has 2 amide bonds. The van der Waals surface area contributed by atoms with Crippen LogP contribution in [0.3, 0.4) is 0 Å². The molecule has 0 radical (unpaired) electrons. The van der Waals surface area contributed by atoms with E-state index in [0.29, 0.717) is 19.6 Å². The second-order valence-electron chi connectivity index (χ2n) is 5.34. The molecule has 124 valence electrons. The number of nitrogens with one attached hydrogen (secondary N) is 1. The van der Waals surface area contributed by atoms with Gasteiger partial charge in [-0.2, -0.15) is 0 Å². The highest BCUT2D eigenvalue weighted by molar-refractivity contribution is 5.94. The standard InChI is InChI=1S/C16H20N2O5/c1-22-15(20)7-6-14(19)18-8-2-4-12(11-18)10-17-16(21)13-5-3-9-23-13/h3,5-7,9,12H,2,4,8,10-11H2,1H3,(H,17,21)/b7-6+. The predicted octanol–water partition coefficient (Wildman–Crippen LogP) is 0.977. The van der Waals surface area contributed by atoms with Crippen LogP contribution in [0.15, 0.2) is 35.0 Å². The fourth-order valence-corrected chi connectivity index (χ4v) is 2.48. The molecule has 0 aromatic carbocycles. The van der Waals surface area contributed by atoms with E-state index >= 15 is 0 Å². The van der Waals surface area contributed by atoms with Gasteiger partial charge in [-0.3, -0.25) is 9.59 Å². The molecule has 7 nitrogen and oxygen atoms in total. The van der Waals surface area contributed by atoms with E-state index in [2.05, 4.69) is 10.1 Å². The maximum atomic E-state index is 12.0. The lowest BCUT2D eigenvalue weighted by molar-refractivity contribution is -0.135. The van der Waals surface area contributed by atoms with Gasteiger partial charge in [0, 0.05) is 31.8 Å². The molecule has 1 saturated heterocycles. The maximum absolute atomic E-state index is 12.0. The molecule has 0 saturated carbocycles. The molecule has 0 spiro atoms. The Morgan fingerprint density at radius 3 is 2.96 bits per heavy atom. The molecule has 23 heavy (non-hydrogen) atoms. The number of carbonyl (C=O) groups excluding carboxylic acids is 3. The number of esters is 1. The smallest absolute Gasteiger partial charge is 0.330 e. The van der Waals surface area contributed by atoms with Crippen LogP contribution in [0.25, 0.3) is 0 Å². The molecular formula is C16H20N2O5. The van der Waals surface area contributed by atoms with Crippen LogP contribution >= 0.6 is 0 Å². The van der Waals surface area contributed by atoms with Crippen LogP contribution in [0, 0.1) is 5.92 Å². The number of likely N-dealkylation sites (tertiary alicyclic amines) is 1. The van der Waals surface area contributed by atoms with E-state index in [-0.39, 0.29) is 23.5 Å². The quantitative estimate of drug-likeness (QED) is 0.645. The first kappa shape index (κ1) is 16.8. The highest BCUT2D eigenvalue weighted by Gasteiger charge is 2.23. The zero-order valence-corrected chi connectivity index (χ0v) is 13.0. The van der Waals surface area contributed by atoms with Crippen LogP contribution < -0.4 is 5.32 Å². The zero-order valence-electron chi connectivity index (χ0n) is 13.0. The van der Waals surface area contributed by atoms with Gasteiger partial charge in [-0.15, -0.1) is 0 Å². The Balaban J connectivity index is 1.81. The second kappa shape index (κ2) is 8.17. The van der Waals surface area contributed by atoms with Gasteiger partial charge in [-0.25, -0.2) is 4.79 Å². The first-order valence-electron chi connectivity index (χ1n) is 7.46. The highest BCUT2D eigenvalue weighted by Crippen LogP contribution is 2.16. The van der Waals surface area contributed by atoms with Crippen molar-refractivity contribution in [1.29, 1.82) is 0 Å². The summed E-state index contributed by atoms with van der Waals surface area (Å²) in [5.74, 6) is -0.591. The zero-order chi connectivity index (χ0) is 16.7. The molecule has 1 fully saturated rings. The van der Waals surface area contributed by atoms with Crippen molar-refractivity contribution in [2.45, 2.75) is 12.8 Å². The Labute approximate surface area is 134 Å². The lowest BCUT2D eigenvalue weighted by Crippen LogP contribution is -2.43. The summed E-state index contributed by atoms with van der Waals surface area (Å²) in [6, 6.07) is 3.26. The van der Waals surface area contributed by atoms with Crippen molar-refractivity contribution in [2.75, 3.05) is 26.7 Å². The molecule has 1 unspecified atom stereocenters. The van der Waals surface area contributed by atoms with Crippen molar-refractivity contribution in [1.82, 2.24) is 10.2 Å². The van der Waals surface area contributed by atoms with Gasteiger partial charge in [0.05, 0.1) is 13.4 Å². The predicted molar refractivity (Wildman–Crippen MR) is 81.5 cm³/mol. The summed E-state index contributed by atoms with van der Waals surface area (Å²) in [6.45, 7) is 1.67. The van der Waals surface area contributed by atoms with Gasteiger partial charge < -0.3 is 19.4 Å². The fraction of sp³-hybridized carbons (Fsp3) is 0.438. The van der Waals surface area contributed by atoms with Gasteiger partial charge in [0.1, 0.15) is 0 Å². The number of carbonyl (C=O) groups is 3. The van der Waals surface area contributed by atoms with Crippen LogP contribution in [-0.2, 0) is 14.3 Å². The van der Waals surface area contributed by atoms with E-state index in [1.807, 2.05) is 0 Å². The molecule has 2 heterocycles. The molecule has 1 N–H and O–H groups in total. The Morgan fingerprint density at radius 2 is 2.26 bits per heavy atom. The van der Waals surface area contributed by atoms with Gasteiger partial charge in [0.2, 0.25) is 5.91 Å². The Bertz CT molecular complexity index is 579. The number of hydrogen-bond acceptors (Lipinski definition) is 5. The molecule has 2 rings (SSSR count). The normalized spacial score (nSPS) is 18.0.